The SMILES string of the molecule is O=C(CN1CCN(Cc2nc(-c3cccs3)cs2)CC1)NCc1ccc(F)cc1.O=C(O)C(=O)O. The molecular weight excluding hydrogens is 495 g/mol. The van der Waals surface area contributed by atoms with Gasteiger partial charge in [-0.25, -0.2) is 19.0 Å². The molecule has 2 aromatic heterocycles. The number of halogens is 1. The Morgan fingerprint density at radius 3 is 2.23 bits per heavy atom. The highest BCUT2D eigenvalue weighted by Crippen LogP contribution is 2.26. The Hall–Kier alpha value is -3.19. The predicted molar refractivity (Wildman–Crippen MR) is 131 cm³/mol. The van der Waals surface area contributed by atoms with E-state index in [1.54, 1.807) is 34.8 Å². The normalized spacial score (nSPS) is 14.1. The van der Waals surface area contributed by atoms with E-state index in [2.05, 4.69) is 31.9 Å². The lowest BCUT2D eigenvalue weighted by molar-refractivity contribution is -0.159. The minimum Gasteiger partial charge on any atom is -0.473 e. The minimum atomic E-state index is -1.82. The molecule has 0 radical (unpaired) electrons. The zero-order valence-corrected chi connectivity index (χ0v) is 20.4. The van der Waals surface area contributed by atoms with Crippen molar-refractivity contribution in [2.45, 2.75) is 13.1 Å². The second-order valence-corrected chi connectivity index (χ2v) is 9.56. The summed E-state index contributed by atoms with van der Waals surface area (Å²) in [6.45, 7) is 5.28. The molecule has 3 aromatic rings. The fourth-order valence-corrected chi connectivity index (χ4v) is 4.88. The number of aromatic nitrogens is 1. The largest absolute Gasteiger partial charge is 0.473 e. The van der Waals surface area contributed by atoms with Gasteiger partial charge in [0.1, 0.15) is 10.8 Å². The standard InChI is InChI=1S/C21H23FN4OS2.C2H2O4/c22-17-5-3-16(4-6-17)12-23-20(27)13-25-7-9-26(10-8-25)14-21-24-18(15-29-21)19-2-1-11-28-19;3-1(4)2(5)6/h1-6,11,15H,7-10,12-14H2,(H,23,27);(H,3,4)(H,5,6). The van der Waals surface area contributed by atoms with Crippen molar-refractivity contribution < 1.29 is 29.0 Å². The number of benzene rings is 1. The fourth-order valence-electron chi connectivity index (χ4n) is 3.28. The highest BCUT2D eigenvalue weighted by Gasteiger charge is 2.20. The van der Waals surface area contributed by atoms with Crippen LogP contribution < -0.4 is 5.32 Å². The van der Waals surface area contributed by atoms with Crippen molar-refractivity contribution >= 4 is 40.5 Å². The molecule has 0 saturated carbocycles. The molecule has 1 aliphatic heterocycles. The third-order valence-electron chi connectivity index (χ3n) is 5.10. The number of thiazole rings is 1. The molecule has 0 atom stereocenters. The van der Waals surface area contributed by atoms with Crippen LogP contribution in [0.2, 0.25) is 0 Å². The summed E-state index contributed by atoms with van der Waals surface area (Å²) >= 11 is 3.42. The Labute approximate surface area is 209 Å². The average molecular weight is 521 g/mol. The highest BCUT2D eigenvalue weighted by atomic mass is 32.1. The maximum atomic E-state index is 12.9. The molecule has 186 valence electrons. The van der Waals surface area contributed by atoms with Crippen LogP contribution in [0.3, 0.4) is 0 Å². The summed E-state index contributed by atoms with van der Waals surface area (Å²) in [6, 6.07) is 10.4. The second-order valence-electron chi connectivity index (χ2n) is 7.67. The van der Waals surface area contributed by atoms with E-state index in [-0.39, 0.29) is 11.7 Å². The monoisotopic (exact) mass is 520 g/mol. The molecule has 0 aliphatic carbocycles. The van der Waals surface area contributed by atoms with Gasteiger partial charge in [0, 0.05) is 38.1 Å². The van der Waals surface area contributed by atoms with E-state index in [9.17, 15) is 9.18 Å². The molecule has 0 spiro atoms. The van der Waals surface area contributed by atoms with Gasteiger partial charge in [-0.15, -0.1) is 22.7 Å². The minimum absolute atomic E-state index is 0.00304. The zero-order chi connectivity index (χ0) is 25.2. The summed E-state index contributed by atoms with van der Waals surface area (Å²) in [4.78, 5) is 40.9. The number of carboxylic acids is 2. The Morgan fingerprint density at radius 1 is 0.971 bits per heavy atom. The molecule has 3 heterocycles. The van der Waals surface area contributed by atoms with Crippen LogP contribution in [-0.4, -0.2) is 75.6 Å². The lowest BCUT2D eigenvalue weighted by Crippen LogP contribution is -2.49. The molecule has 1 fully saturated rings. The number of nitrogens with zero attached hydrogens (tertiary/aromatic N) is 3. The van der Waals surface area contributed by atoms with Crippen molar-refractivity contribution in [2.75, 3.05) is 32.7 Å². The lowest BCUT2D eigenvalue weighted by Gasteiger charge is -2.33. The van der Waals surface area contributed by atoms with Crippen LogP contribution in [-0.2, 0) is 27.5 Å². The zero-order valence-electron chi connectivity index (χ0n) is 18.7. The van der Waals surface area contributed by atoms with Crippen LogP contribution in [0.4, 0.5) is 4.39 Å². The van der Waals surface area contributed by atoms with Gasteiger partial charge in [-0.3, -0.25) is 14.6 Å². The van der Waals surface area contributed by atoms with Gasteiger partial charge in [-0.2, -0.15) is 0 Å². The lowest BCUT2D eigenvalue weighted by atomic mass is 10.2. The van der Waals surface area contributed by atoms with Crippen LogP contribution >= 0.6 is 22.7 Å². The quantitative estimate of drug-likeness (QED) is 0.407. The maximum absolute atomic E-state index is 12.9. The van der Waals surface area contributed by atoms with E-state index in [0.29, 0.717) is 13.1 Å². The second kappa shape index (κ2) is 13.0. The van der Waals surface area contributed by atoms with Gasteiger partial charge < -0.3 is 15.5 Å². The molecule has 9 nitrogen and oxygen atoms in total. The molecule has 0 unspecified atom stereocenters. The van der Waals surface area contributed by atoms with Gasteiger partial charge in [0.15, 0.2) is 0 Å². The predicted octanol–water partition coefficient (Wildman–Crippen LogP) is 2.60. The highest BCUT2D eigenvalue weighted by molar-refractivity contribution is 7.14. The van der Waals surface area contributed by atoms with Crippen LogP contribution in [0.1, 0.15) is 10.6 Å². The Balaban J connectivity index is 0.000000509. The number of amides is 1. The van der Waals surface area contributed by atoms with E-state index >= 15 is 0 Å². The summed E-state index contributed by atoms with van der Waals surface area (Å²) in [7, 11) is 0. The maximum Gasteiger partial charge on any atom is 0.414 e. The number of carbonyl (C=O) groups is 3. The van der Waals surface area contributed by atoms with Crippen LogP contribution in [0.25, 0.3) is 10.6 Å². The Bertz CT molecular complexity index is 1100. The number of thiophene rings is 1. The van der Waals surface area contributed by atoms with Gasteiger partial charge in [-0.1, -0.05) is 18.2 Å². The molecule has 3 N–H and O–H groups in total. The Kier molecular flexibility index (Phi) is 9.85. The number of carboxylic acid groups (broad SMARTS) is 2. The third-order valence-corrected chi connectivity index (χ3v) is 6.83. The first-order valence-corrected chi connectivity index (χ1v) is 12.5. The number of rotatable bonds is 7. The average Bonchev–Trinajstić information content (AvgIpc) is 3.53. The number of aliphatic carboxylic acids is 2. The number of hydrogen-bond acceptors (Lipinski definition) is 8. The molecule has 1 aliphatic rings. The van der Waals surface area contributed by atoms with Crippen LogP contribution in [0.15, 0.2) is 47.2 Å². The smallest absolute Gasteiger partial charge is 0.414 e. The molecule has 4 rings (SSSR count). The van der Waals surface area contributed by atoms with Crippen LogP contribution in [0.5, 0.6) is 0 Å². The molecule has 0 bridgehead atoms. The first kappa shape index (κ1) is 26.4. The summed E-state index contributed by atoms with van der Waals surface area (Å²) in [5, 5.41) is 23.0. The van der Waals surface area contributed by atoms with Crippen molar-refractivity contribution in [1.82, 2.24) is 20.1 Å². The van der Waals surface area contributed by atoms with Gasteiger partial charge in [0.2, 0.25) is 5.91 Å². The van der Waals surface area contributed by atoms with E-state index in [0.717, 1.165) is 49.0 Å². The van der Waals surface area contributed by atoms with Gasteiger partial charge in [0.25, 0.3) is 0 Å². The van der Waals surface area contributed by atoms with E-state index in [4.69, 9.17) is 24.8 Å². The van der Waals surface area contributed by atoms with E-state index in [1.807, 2.05) is 6.07 Å². The fraction of sp³-hybridized carbons (Fsp3) is 0.304. The van der Waals surface area contributed by atoms with Gasteiger partial charge in [0.05, 0.1) is 23.7 Å². The summed E-state index contributed by atoms with van der Waals surface area (Å²) in [6.07, 6.45) is 0. The van der Waals surface area contributed by atoms with Gasteiger partial charge in [-0.05, 0) is 29.1 Å². The van der Waals surface area contributed by atoms with E-state index < -0.39 is 11.9 Å². The summed E-state index contributed by atoms with van der Waals surface area (Å²) in [5.41, 5.74) is 1.96. The molecule has 35 heavy (non-hydrogen) atoms. The molecule has 1 saturated heterocycles. The topological polar surface area (TPSA) is 123 Å². The summed E-state index contributed by atoms with van der Waals surface area (Å²) < 4.78 is 12.9. The van der Waals surface area contributed by atoms with Gasteiger partial charge >= 0.3 is 11.9 Å². The summed E-state index contributed by atoms with van der Waals surface area (Å²) in [5.74, 6) is -3.91. The van der Waals surface area contributed by atoms with Crippen molar-refractivity contribution in [3.8, 4) is 10.6 Å². The number of carbonyl (C=O) groups excluding carboxylic acids is 1. The first-order valence-electron chi connectivity index (χ1n) is 10.7. The van der Waals surface area contributed by atoms with E-state index in [1.165, 1.54) is 17.0 Å². The molecular formula is C23H25FN4O5S2. The van der Waals surface area contributed by atoms with Crippen molar-refractivity contribution in [3.05, 3.63) is 63.5 Å². The molecule has 1 aromatic carbocycles. The molecule has 12 heteroatoms. The van der Waals surface area contributed by atoms with Crippen molar-refractivity contribution in [3.63, 3.8) is 0 Å². The first-order chi connectivity index (χ1) is 16.8. The number of nitrogens with one attached hydrogen (secondary N) is 1. The number of hydrogen-bond donors (Lipinski definition) is 3. The number of piperazine rings is 1. The van der Waals surface area contributed by atoms with Crippen molar-refractivity contribution in [2.24, 2.45) is 0 Å². The third kappa shape index (κ3) is 8.83. The molecule has 1 amide bonds. The van der Waals surface area contributed by atoms with Crippen molar-refractivity contribution in [1.29, 1.82) is 0 Å². The van der Waals surface area contributed by atoms with Crippen LogP contribution in [0, 0.1) is 5.82 Å². The Morgan fingerprint density at radius 2 is 1.63 bits per heavy atom.